The molecule has 8 heteroatoms. The molecule has 0 amide bonds. The van der Waals surface area contributed by atoms with Crippen LogP contribution in [0.25, 0.3) is 27.0 Å². The van der Waals surface area contributed by atoms with Gasteiger partial charge in [-0.3, -0.25) is 0 Å². The van der Waals surface area contributed by atoms with Crippen molar-refractivity contribution in [3.63, 3.8) is 0 Å². The van der Waals surface area contributed by atoms with Gasteiger partial charge < -0.3 is 11.5 Å². The average molecular weight is 492 g/mol. The van der Waals surface area contributed by atoms with Gasteiger partial charge >= 0.3 is 0 Å². The van der Waals surface area contributed by atoms with E-state index in [0.717, 1.165) is 51.3 Å². The van der Waals surface area contributed by atoms with E-state index in [9.17, 15) is 4.39 Å². The van der Waals surface area contributed by atoms with Crippen LogP contribution in [0.3, 0.4) is 0 Å². The van der Waals surface area contributed by atoms with Crippen LogP contribution in [-0.2, 0) is 0 Å². The number of fused-ring (bicyclic) bond motifs is 1. The van der Waals surface area contributed by atoms with Crippen LogP contribution in [0, 0.1) is 5.82 Å². The van der Waals surface area contributed by atoms with Gasteiger partial charge in [0.25, 0.3) is 0 Å². The van der Waals surface area contributed by atoms with Gasteiger partial charge in [0, 0.05) is 18.5 Å². The van der Waals surface area contributed by atoms with E-state index in [1.165, 1.54) is 41.8 Å². The molecule has 1 aliphatic heterocycles. The van der Waals surface area contributed by atoms with Gasteiger partial charge in [-0.05, 0) is 84.1 Å². The summed E-state index contributed by atoms with van der Waals surface area (Å²) in [6, 6.07) is 16.0. The molecule has 1 atom stereocenters. The number of aromatic nitrogens is 2. The number of piperidine rings is 1. The van der Waals surface area contributed by atoms with E-state index in [1.54, 1.807) is 29.8 Å². The normalized spacial score (nSPS) is 16.1. The Labute approximate surface area is 206 Å². The number of thiophene rings is 1. The lowest BCUT2D eigenvalue weighted by Gasteiger charge is -2.24. The second-order valence-electron chi connectivity index (χ2n) is 8.31. The minimum absolute atomic E-state index is 0.296. The van der Waals surface area contributed by atoms with Crippen LogP contribution in [0.4, 0.5) is 4.39 Å². The van der Waals surface area contributed by atoms with Crippen molar-refractivity contribution in [3.8, 4) is 10.6 Å². The zero-order valence-electron chi connectivity index (χ0n) is 18.7. The molecule has 4 aromatic rings. The molecule has 1 saturated heterocycles. The van der Waals surface area contributed by atoms with Gasteiger partial charge in [0.05, 0.1) is 26.3 Å². The van der Waals surface area contributed by atoms with Gasteiger partial charge in [0.2, 0.25) is 0 Å². The number of hydrogen-bond acceptors (Lipinski definition) is 7. The standard InChI is InChI=1S/C26H26FN5S2/c27-19-7-4-17(5-8-19)25(29)21(15-28)18-6-9-22-20(14-18)26(31-16-30-22)23-10-11-24(33-23)34-32-12-2-1-3-13-32/h4-11,14-16,25H,1-3,12-13,28-29H2/b21-15-. The summed E-state index contributed by atoms with van der Waals surface area (Å²) >= 11 is 3.59. The highest BCUT2D eigenvalue weighted by molar-refractivity contribution is 7.99. The molecule has 0 bridgehead atoms. The van der Waals surface area contributed by atoms with Crippen molar-refractivity contribution in [2.45, 2.75) is 29.5 Å². The van der Waals surface area contributed by atoms with Crippen LogP contribution in [0.15, 0.2) is 71.3 Å². The summed E-state index contributed by atoms with van der Waals surface area (Å²) in [5.41, 5.74) is 16.7. The maximum Gasteiger partial charge on any atom is 0.123 e. The molecule has 34 heavy (non-hydrogen) atoms. The highest BCUT2D eigenvalue weighted by Gasteiger charge is 2.18. The van der Waals surface area contributed by atoms with Crippen molar-refractivity contribution in [1.29, 1.82) is 0 Å². The van der Waals surface area contributed by atoms with Gasteiger partial charge in [0.1, 0.15) is 12.1 Å². The van der Waals surface area contributed by atoms with Gasteiger partial charge in [-0.1, -0.05) is 24.6 Å². The van der Waals surface area contributed by atoms with E-state index in [2.05, 4.69) is 26.4 Å². The van der Waals surface area contributed by atoms with E-state index < -0.39 is 6.04 Å². The van der Waals surface area contributed by atoms with Crippen molar-refractivity contribution in [1.82, 2.24) is 14.3 Å². The molecule has 0 saturated carbocycles. The van der Waals surface area contributed by atoms with E-state index in [-0.39, 0.29) is 5.82 Å². The third-order valence-electron chi connectivity index (χ3n) is 6.06. The second kappa shape index (κ2) is 10.2. The van der Waals surface area contributed by atoms with E-state index >= 15 is 0 Å². The van der Waals surface area contributed by atoms with Gasteiger partial charge in [-0.15, -0.1) is 11.3 Å². The van der Waals surface area contributed by atoms with Crippen LogP contribution in [-0.4, -0.2) is 27.4 Å². The quantitative estimate of drug-likeness (QED) is 0.323. The predicted octanol–water partition coefficient (Wildman–Crippen LogP) is 5.99. The summed E-state index contributed by atoms with van der Waals surface area (Å²) in [6.07, 6.45) is 6.99. The molecular weight excluding hydrogens is 465 g/mol. The van der Waals surface area contributed by atoms with Gasteiger partial charge in [0.15, 0.2) is 0 Å². The summed E-state index contributed by atoms with van der Waals surface area (Å²) in [5.74, 6) is -0.296. The number of rotatable bonds is 6. The lowest BCUT2D eigenvalue weighted by atomic mass is 9.93. The number of halogens is 1. The first-order valence-electron chi connectivity index (χ1n) is 11.3. The van der Waals surface area contributed by atoms with Crippen molar-refractivity contribution in [2.24, 2.45) is 11.5 Å². The summed E-state index contributed by atoms with van der Waals surface area (Å²) in [7, 11) is 0. The number of nitrogens with two attached hydrogens (primary N) is 2. The molecule has 2 aromatic carbocycles. The number of benzene rings is 2. The molecule has 4 N–H and O–H groups in total. The molecule has 174 valence electrons. The minimum Gasteiger partial charge on any atom is -0.404 e. The topological polar surface area (TPSA) is 81.1 Å². The fourth-order valence-electron chi connectivity index (χ4n) is 4.24. The fraction of sp³-hybridized carbons (Fsp3) is 0.231. The Morgan fingerprint density at radius 3 is 2.59 bits per heavy atom. The average Bonchev–Trinajstić information content (AvgIpc) is 3.33. The monoisotopic (exact) mass is 491 g/mol. The molecule has 5 rings (SSSR count). The zero-order chi connectivity index (χ0) is 23.5. The molecule has 3 heterocycles. The maximum absolute atomic E-state index is 13.4. The van der Waals surface area contributed by atoms with E-state index in [4.69, 9.17) is 11.5 Å². The largest absolute Gasteiger partial charge is 0.404 e. The Morgan fingerprint density at radius 2 is 1.82 bits per heavy atom. The smallest absolute Gasteiger partial charge is 0.123 e. The maximum atomic E-state index is 13.4. The third kappa shape index (κ3) is 4.86. The molecule has 0 spiro atoms. The Hall–Kier alpha value is -2.78. The van der Waals surface area contributed by atoms with Crippen LogP contribution in [0.1, 0.15) is 36.4 Å². The molecule has 0 aliphatic carbocycles. The summed E-state index contributed by atoms with van der Waals surface area (Å²) in [6.45, 7) is 2.28. The van der Waals surface area contributed by atoms with E-state index in [1.807, 2.05) is 30.1 Å². The first-order chi connectivity index (χ1) is 16.6. The molecule has 1 unspecified atom stereocenters. The second-order valence-corrected chi connectivity index (χ2v) is 10.8. The van der Waals surface area contributed by atoms with Crippen molar-refractivity contribution >= 4 is 39.8 Å². The Bertz CT molecular complexity index is 1310. The molecule has 0 radical (unpaired) electrons. The molecule has 2 aromatic heterocycles. The minimum atomic E-state index is -0.481. The lowest BCUT2D eigenvalue weighted by Crippen LogP contribution is -2.22. The van der Waals surface area contributed by atoms with Gasteiger partial charge in [-0.2, -0.15) is 0 Å². The molecular formula is C26H26FN5S2. The van der Waals surface area contributed by atoms with Crippen molar-refractivity contribution in [2.75, 3.05) is 13.1 Å². The number of nitrogens with zero attached hydrogens (tertiary/aromatic N) is 3. The van der Waals surface area contributed by atoms with Crippen molar-refractivity contribution in [3.05, 3.63) is 84.1 Å². The lowest BCUT2D eigenvalue weighted by molar-refractivity contribution is 0.381. The first kappa shape index (κ1) is 23.0. The molecule has 5 nitrogen and oxygen atoms in total. The van der Waals surface area contributed by atoms with Crippen LogP contribution in [0.5, 0.6) is 0 Å². The van der Waals surface area contributed by atoms with Gasteiger partial charge in [-0.25, -0.2) is 18.7 Å². The van der Waals surface area contributed by atoms with E-state index in [0.29, 0.717) is 0 Å². The summed E-state index contributed by atoms with van der Waals surface area (Å²) in [5, 5.41) is 0.946. The Morgan fingerprint density at radius 1 is 1.03 bits per heavy atom. The highest BCUT2D eigenvalue weighted by atomic mass is 32.2. The van der Waals surface area contributed by atoms with Crippen molar-refractivity contribution < 1.29 is 4.39 Å². The SMILES string of the molecule is N/C=C(/c1ccc2ncnc(-c3ccc(SN4CCCCC4)s3)c2c1)C(N)c1ccc(F)cc1. The van der Waals surface area contributed by atoms with Crippen LogP contribution < -0.4 is 11.5 Å². The summed E-state index contributed by atoms with van der Waals surface area (Å²) in [4.78, 5) is 10.2. The Kier molecular flexibility index (Phi) is 6.92. The molecule has 1 aliphatic rings. The third-order valence-corrected chi connectivity index (χ3v) is 8.36. The van der Waals surface area contributed by atoms with Crippen LogP contribution >= 0.6 is 23.3 Å². The highest BCUT2D eigenvalue weighted by Crippen LogP contribution is 2.38. The fourth-order valence-corrected chi connectivity index (χ4v) is 6.55. The first-order valence-corrected chi connectivity index (χ1v) is 12.9. The Balaban J connectivity index is 1.47. The summed E-state index contributed by atoms with van der Waals surface area (Å²) < 4.78 is 17.1. The predicted molar refractivity (Wildman–Crippen MR) is 140 cm³/mol. The zero-order valence-corrected chi connectivity index (χ0v) is 20.3. The molecule has 1 fully saturated rings. The van der Waals surface area contributed by atoms with Crippen LogP contribution in [0.2, 0.25) is 0 Å². The number of hydrogen-bond donors (Lipinski definition) is 2.